The molecular formula is C16H24N2O. The van der Waals surface area contributed by atoms with Gasteiger partial charge in [0.2, 0.25) is 0 Å². The molecule has 1 aliphatic carbocycles. The topological polar surface area (TPSA) is 41.1 Å². The number of carbonyl (C=O) groups excluding carboxylic acids is 1. The molecule has 1 saturated carbocycles. The molecule has 0 bridgehead atoms. The van der Waals surface area contributed by atoms with Crippen molar-refractivity contribution in [3.63, 3.8) is 0 Å². The molecule has 0 spiro atoms. The van der Waals surface area contributed by atoms with E-state index in [1.807, 2.05) is 32.2 Å². The molecule has 2 N–H and O–H groups in total. The number of nitrogens with one attached hydrogen (secondary N) is 2. The van der Waals surface area contributed by atoms with Crippen LogP contribution in [0.5, 0.6) is 0 Å². The molecule has 104 valence electrons. The Kier molecular flexibility index (Phi) is 4.13. The zero-order valence-corrected chi connectivity index (χ0v) is 12.3. The molecule has 3 unspecified atom stereocenters. The molecule has 0 radical (unpaired) electrons. The van der Waals surface area contributed by atoms with E-state index < -0.39 is 0 Å². The van der Waals surface area contributed by atoms with E-state index in [9.17, 15) is 4.79 Å². The van der Waals surface area contributed by atoms with Crippen LogP contribution in [0.3, 0.4) is 0 Å². The molecule has 1 fully saturated rings. The van der Waals surface area contributed by atoms with Crippen LogP contribution in [0.15, 0.2) is 18.2 Å². The minimum Gasteiger partial charge on any atom is -0.388 e. The molecular weight excluding hydrogens is 236 g/mol. The Balaban J connectivity index is 2.06. The lowest BCUT2D eigenvalue weighted by Gasteiger charge is -2.20. The fourth-order valence-corrected chi connectivity index (χ4v) is 2.91. The van der Waals surface area contributed by atoms with Crippen molar-refractivity contribution in [2.45, 2.75) is 39.7 Å². The summed E-state index contributed by atoms with van der Waals surface area (Å²) in [5.41, 5.74) is 2.92. The first-order valence-electron chi connectivity index (χ1n) is 7.12. The smallest absolute Gasteiger partial charge is 0.251 e. The number of hydrogen-bond acceptors (Lipinski definition) is 2. The van der Waals surface area contributed by atoms with Crippen molar-refractivity contribution in [1.29, 1.82) is 0 Å². The average molecular weight is 260 g/mol. The molecule has 3 nitrogen and oxygen atoms in total. The van der Waals surface area contributed by atoms with Crippen LogP contribution in [0.1, 0.15) is 42.6 Å². The lowest BCUT2D eigenvalue weighted by Crippen LogP contribution is -2.37. The Morgan fingerprint density at radius 3 is 2.53 bits per heavy atom. The number of carbonyl (C=O) groups is 1. The number of amides is 1. The van der Waals surface area contributed by atoms with E-state index in [1.165, 1.54) is 6.42 Å². The van der Waals surface area contributed by atoms with Gasteiger partial charge in [0, 0.05) is 24.3 Å². The van der Waals surface area contributed by atoms with Crippen molar-refractivity contribution in [3.8, 4) is 0 Å². The summed E-state index contributed by atoms with van der Waals surface area (Å²) in [6.07, 6.45) is 2.31. The van der Waals surface area contributed by atoms with Gasteiger partial charge in [0.15, 0.2) is 0 Å². The van der Waals surface area contributed by atoms with E-state index in [1.54, 1.807) is 0 Å². The van der Waals surface area contributed by atoms with E-state index >= 15 is 0 Å². The molecule has 0 heterocycles. The Labute approximate surface area is 115 Å². The molecule has 1 aromatic carbocycles. The molecule has 0 aliphatic heterocycles. The molecule has 1 aliphatic rings. The Bertz CT molecular complexity index is 470. The van der Waals surface area contributed by atoms with Crippen molar-refractivity contribution in [2.24, 2.45) is 11.8 Å². The third kappa shape index (κ3) is 2.91. The second-order valence-electron chi connectivity index (χ2n) is 5.77. The first-order valence-corrected chi connectivity index (χ1v) is 7.12. The Morgan fingerprint density at radius 1 is 1.26 bits per heavy atom. The molecule has 0 aromatic heterocycles. The molecule has 1 amide bonds. The van der Waals surface area contributed by atoms with Gasteiger partial charge in [-0.3, -0.25) is 4.79 Å². The Hall–Kier alpha value is -1.51. The maximum Gasteiger partial charge on any atom is 0.251 e. The molecule has 3 atom stereocenters. The molecule has 19 heavy (non-hydrogen) atoms. The summed E-state index contributed by atoms with van der Waals surface area (Å²) in [5.74, 6) is 1.33. The number of anilines is 1. The summed E-state index contributed by atoms with van der Waals surface area (Å²) >= 11 is 0. The van der Waals surface area contributed by atoms with Gasteiger partial charge >= 0.3 is 0 Å². The standard InChI is InChI=1S/C16H24N2O/c1-10-5-7-15(12(10)3)18-16(19)13-6-8-14(17-4)11(2)9-13/h6,8-10,12,15,17H,5,7H2,1-4H3,(H,18,19). The molecule has 3 heteroatoms. The number of hydrogen-bond donors (Lipinski definition) is 2. The highest BCUT2D eigenvalue weighted by Gasteiger charge is 2.30. The van der Waals surface area contributed by atoms with Gasteiger partial charge in [0.05, 0.1) is 0 Å². The maximum atomic E-state index is 12.3. The minimum absolute atomic E-state index is 0.0525. The van der Waals surface area contributed by atoms with E-state index in [-0.39, 0.29) is 5.91 Å². The van der Waals surface area contributed by atoms with Crippen LogP contribution in [0.4, 0.5) is 5.69 Å². The largest absolute Gasteiger partial charge is 0.388 e. The van der Waals surface area contributed by atoms with Crippen LogP contribution >= 0.6 is 0 Å². The third-order valence-corrected chi connectivity index (χ3v) is 4.54. The van der Waals surface area contributed by atoms with Crippen molar-refractivity contribution >= 4 is 11.6 Å². The SMILES string of the molecule is CNc1ccc(C(=O)NC2CCC(C)C2C)cc1C. The van der Waals surface area contributed by atoms with Crippen LogP contribution in [-0.2, 0) is 0 Å². The predicted molar refractivity (Wildman–Crippen MR) is 79.5 cm³/mol. The third-order valence-electron chi connectivity index (χ3n) is 4.54. The van der Waals surface area contributed by atoms with E-state index in [0.717, 1.165) is 23.2 Å². The quantitative estimate of drug-likeness (QED) is 0.876. The highest BCUT2D eigenvalue weighted by molar-refractivity contribution is 5.95. The number of aryl methyl sites for hydroxylation is 1. The van der Waals surface area contributed by atoms with Crippen molar-refractivity contribution < 1.29 is 4.79 Å². The minimum atomic E-state index is 0.0525. The van der Waals surface area contributed by atoms with Crippen LogP contribution in [0.25, 0.3) is 0 Å². The van der Waals surface area contributed by atoms with Gasteiger partial charge in [0.1, 0.15) is 0 Å². The van der Waals surface area contributed by atoms with E-state index in [2.05, 4.69) is 24.5 Å². The zero-order chi connectivity index (χ0) is 14.0. The first kappa shape index (κ1) is 13.9. The lowest BCUT2D eigenvalue weighted by molar-refractivity contribution is 0.0927. The molecule has 0 saturated heterocycles. The average Bonchev–Trinajstić information content (AvgIpc) is 2.70. The summed E-state index contributed by atoms with van der Waals surface area (Å²) in [7, 11) is 1.89. The lowest BCUT2D eigenvalue weighted by atomic mass is 9.97. The van der Waals surface area contributed by atoms with Crippen molar-refractivity contribution in [3.05, 3.63) is 29.3 Å². The normalized spacial score (nSPS) is 26.2. The molecule has 1 aromatic rings. The van der Waals surface area contributed by atoms with E-state index in [4.69, 9.17) is 0 Å². The van der Waals surface area contributed by atoms with Gasteiger partial charge in [-0.1, -0.05) is 13.8 Å². The highest BCUT2D eigenvalue weighted by atomic mass is 16.1. The van der Waals surface area contributed by atoms with Gasteiger partial charge in [-0.05, 0) is 55.4 Å². The first-order chi connectivity index (χ1) is 9.02. The van der Waals surface area contributed by atoms with Gasteiger partial charge in [0.25, 0.3) is 5.91 Å². The van der Waals surface area contributed by atoms with E-state index in [0.29, 0.717) is 17.9 Å². The summed E-state index contributed by atoms with van der Waals surface area (Å²) in [5, 5.41) is 6.30. The van der Waals surface area contributed by atoms with Gasteiger partial charge in [-0.15, -0.1) is 0 Å². The highest BCUT2D eigenvalue weighted by Crippen LogP contribution is 2.31. The van der Waals surface area contributed by atoms with Crippen LogP contribution in [-0.4, -0.2) is 19.0 Å². The fraction of sp³-hybridized carbons (Fsp3) is 0.562. The second-order valence-corrected chi connectivity index (χ2v) is 5.77. The summed E-state index contributed by atoms with van der Waals surface area (Å²) in [4.78, 5) is 12.3. The molecule has 2 rings (SSSR count). The summed E-state index contributed by atoms with van der Waals surface area (Å²) < 4.78 is 0. The van der Waals surface area contributed by atoms with Crippen molar-refractivity contribution in [2.75, 3.05) is 12.4 Å². The number of benzene rings is 1. The number of rotatable bonds is 3. The fourth-order valence-electron chi connectivity index (χ4n) is 2.91. The summed E-state index contributed by atoms with van der Waals surface area (Å²) in [6, 6.07) is 6.12. The van der Waals surface area contributed by atoms with Gasteiger partial charge in [-0.2, -0.15) is 0 Å². The second kappa shape index (κ2) is 5.64. The van der Waals surface area contributed by atoms with Crippen LogP contribution in [0, 0.1) is 18.8 Å². The maximum absolute atomic E-state index is 12.3. The van der Waals surface area contributed by atoms with Crippen LogP contribution < -0.4 is 10.6 Å². The predicted octanol–water partition coefficient (Wildman–Crippen LogP) is 3.20. The summed E-state index contributed by atoms with van der Waals surface area (Å²) in [6.45, 7) is 6.52. The van der Waals surface area contributed by atoms with Crippen molar-refractivity contribution in [1.82, 2.24) is 5.32 Å². The van der Waals surface area contributed by atoms with Gasteiger partial charge < -0.3 is 10.6 Å². The van der Waals surface area contributed by atoms with Crippen LogP contribution in [0.2, 0.25) is 0 Å². The van der Waals surface area contributed by atoms with Gasteiger partial charge in [-0.25, -0.2) is 0 Å². The monoisotopic (exact) mass is 260 g/mol. The zero-order valence-electron chi connectivity index (χ0n) is 12.3. The Morgan fingerprint density at radius 2 is 2.00 bits per heavy atom.